The molecule has 1 aromatic carbocycles. The highest BCUT2D eigenvalue weighted by molar-refractivity contribution is 5.78. The maximum atomic E-state index is 11.9. The first-order valence-electron chi connectivity index (χ1n) is 7.38. The van der Waals surface area contributed by atoms with Crippen LogP contribution in [0.3, 0.4) is 0 Å². The van der Waals surface area contributed by atoms with Crippen LogP contribution in [0.2, 0.25) is 0 Å². The highest BCUT2D eigenvalue weighted by Crippen LogP contribution is 2.30. The van der Waals surface area contributed by atoms with Crippen molar-refractivity contribution in [1.29, 1.82) is 0 Å². The van der Waals surface area contributed by atoms with Crippen molar-refractivity contribution in [1.82, 2.24) is 5.32 Å². The summed E-state index contributed by atoms with van der Waals surface area (Å²) in [7, 11) is 1.30. The Bertz CT molecular complexity index is 647. The Kier molecular flexibility index (Phi) is 5.56. The van der Waals surface area contributed by atoms with Crippen LogP contribution >= 0.6 is 0 Å². The van der Waals surface area contributed by atoms with Crippen LogP contribution in [0.4, 0.5) is 5.69 Å². The van der Waals surface area contributed by atoms with E-state index in [0.717, 1.165) is 0 Å². The molecule has 2 rings (SSSR count). The highest BCUT2D eigenvalue weighted by atomic mass is 16.6. The van der Waals surface area contributed by atoms with Gasteiger partial charge in [0.05, 0.1) is 18.0 Å². The lowest BCUT2D eigenvalue weighted by atomic mass is 10.1. The number of carbonyl (C=O) groups is 2. The van der Waals surface area contributed by atoms with E-state index in [1.165, 1.54) is 25.3 Å². The van der Waals surface area contributed by atoms with Crippen LogP contribution in [-0.4, -0.2) is 41.7 Å². The van der Waals surface area contributed by atoms with Crippen molar-refractivity contribution in [3.63, 3.8) is 0 Å². The molecule has 9 nitrogen and oxygen atoms in total. The first-order valence-corrected chi connectivity index (χ1v) is 7.38. The number of carboxylic acids is 1. The van der Waals surface area contributed by atoms with Gasteiger partial charge in [0, 0.05) is 18.2 Å². The summed E-state index contributed by atoms with van der Waals surface area (Å²) in [5, 5.41) is 22.5. The molecule has 1 aliphatic carbocycles. The van der Waals surface area contributed by atoms with E-state index in [0.29, 0.717) is 19.3 Å². The van der Waals surface area contributed by atoms with Gasteiger partial charge < -0.3 is 19.9 Å². The highest BCUT2D eigenvalue weighted by Gasteiger charge is 2.30. The second-order valence-electron chi connectivity index (χ2n) is 5.49. The van der Waals surface area contributed by atoms with E-state index in [2.05, 4.69) is 5.32 Å². The number of hydrogen-bond donors (Lipinski definition) is 2. The van der Waals surface area contributed by atoms with Crippen LogP contribution in [0.15, 0.2) is 18.2 Å². The van der Waals surface area contributed by atoms with Gasteiger partial charge in [-0.1, -0.05) is 0 Å². The maximum absolute atomic E-state index is 11.9. The largest absolute Gasteiger partial charge is 0.490 e. The number of benzene rings is 1. The zero-order valence-electron chi connectivity index (χ0n) is 13.1. The number of rotatable bonds is 7. The van der Waals surface area contributed by atoms with Crippen LogP contribution in [0.5, 0.6) is 11.5 Å². The Hall–Kier alpha value is -2.84. The summed E-state index contributed by atoms with van der Waals surface area (Å²) in [6.45, 7) is -0.269. The van der Waals surface area contributed by atoms with Crippen LogP contribution < -0.4 is 14.8 Å². The zero-order valence-corrected chi connectivity index (χ0v) is 13.1. The number of nitro benzene ring substituents is 1. The molecule has 0 aliphatic heterocycles. The Morgan fingerprint density at radius 2 is 2.17 bits per heavy atom. The fourth-order valence-electron chi connectivity index (χ4n) is 2.65. The van der Waals surface area contributed by atoms with Crippen molar-refractivity contribution < 1.29 is 29.1 Å². The zero-order chi connectivity index (χ0) is 17.7. The standard InChI is InChI=1S/C15H18N2O7/c1-23-13-7-11(4-5-12(13)17(21)22)24-8-14(18)16-10-3-2-9(6-10)15(19)20/h4-5,7,9-10H,2-3,6,8H2,1H3,(H,16,18)(H,19,20)/t9-,10+/m0/s1. The van der Waals surface area contributed by atoms with E-state index in [-0.39, 0.29) is 35.7 Å². The number of hydrogen-bond acceptors (Lipinski definition) is 6. The molecule has 1 amide bonds. The predicted octanol–water partition coefficient (Wildman–Crippen LogP) is 1.35. The second kappa shape index (κ2) is 7.62. The van der Waals surface area contributed by atoms with Gasteiger partial charge in [0.15, 0.2) is 6.61 Å². The number of nitrogens with zero attached hydrogens (tertiary/aromatic N) is 1. The van der Waals surface area contributed by atoms with Crippen molar-refractivity contribution in [2.45, 2.75) is 25.3 Å². The molecule has 1 aromatic rings. The number of methoxy groups -OCH3 is 1. The minimum atomic E-state index is -0.846. The predicted molar refractivity (Wildman–Crippen MR) is 82.1 cm³/mol. The first-order chi connectivity index (χ1) is 11.4. The summed E-state index contributed by atoms with van der Waals surface area (Å²) in [5.74, 6) is -1.33. The second-order valence-corrected chi connectivity index (χ2v) is 5.49. The van der Waals surface area contributed by atoms with Gasteiger partial charge in [-0.3, -0.25) is 19.7 Å². The molecule has 2 atom stereocenters. The van der Waals surface area contributed by atoms with Gasteiger partial charge in [-0.15, -0.1) is 0 Å². The molecule has 0 heterocycles. The number of amides is 1. The molecule has 24 heavy (non-hydrogen) atoms. The SMILES string of the molecule is COc1cc(OCC(=O)N[C@@H]2CC[C@H](C(=O)O)C2)ccc1[N+](=O)[O-]. The molecule has 9 heteroatoms. The van der Waals surface area contributed by atoms with Crippen molar-refractivity contribution in [2.75, 3.05) is 13.7 Å². The Morgan fingerprint density at radius 1 is 1.42 bits per heavy atom. The monoisotopic (exact) mass is 338 g/mol. The molecule has 0 unspecified atom stereocenters. The molecule has 0 bridgehead atoms. The third-order valence-electron chi connectivity index (χ3n) is 3.86. The number of carbonyl (C=O) groups excluding carboxylic acids is 1. The molecular weight excluding hydrogens is 320 g/mol. The molecular formula is C15H18N2O7. The summed E-state index contributed by atoms with van der Waals surface area (Å²) in [5.41, 5.74) is -0.194. The quantitative estimate of drug-likeness (QED) is 0.567. The number of nitro groups is 1. The third kappa shape index (κ3) is 4.34. The topological polar surface area (TPSA) is 128 Å². The number of carboxylic acid groups (broad SMARTS) is 1. The lowest BCUT2D eigenvalue weighted by molar-refractivity contribution is -0.385. The molecule has 1 aliphatic rings. The van der Waals surface area contributed by atoms with Crippen LogP contribution in [0.1, 0.15) is 19.3 Å². The fraction of sp³-hybridized carbons (Fsp3) is 0.467. The Balaban J connectivity index is 1.86. The van der Waals surface area contributed by atoms with Crippen LogP contribution in [-0.2, 0) is 9.59 Å². The Labute approximate surface area is 137 Å². The average molecular weight is 338 g/mol. The fourth-order valence-corrected chi connectivity index (χ4v) is 2.65. The molecule has 2 N–H and O–H groups in total. The summed E-state index contributed by atoms with van der Waals surface area (Å²) >= 11 is 0. The van der Waals surface area contributed by atoms with Crippen molar-refractivity contribution in [3.05, 3.63) is 28.3 Å². The number of ether oxygens (including phenoxy) is 2. The van der Waals surface area contributed by atoms with E-state index >= 15 is 0 Å². The molecule has 0 aromatic heterocycles. The smallest absolute Gasteiger partial charge is 0.311 e. The molecule has 0 spiro atoms. The third-order valence-corrected chi connectivity index (χ3v) is 3.86. The van der Waals surface area contributed by atoms with Gasteiger partial charge >= 0.3 is 11.7 Å². The molecule has 130 valence electrons. The minimum absolute atomic E-state index is 0.0398. The van der Waals surface area contributed by atoms with Crippen LogP contribution in [0.25, 0.3) is 0 Å². The van der Waals surface area contributed by atoms with Crippen molar-refractivity contribution in [2.24, 2.45) is 5.92 Å². The number of aliphatic carboxylic acids is 1. The molecule has 1 fully saturated rings. The summed E-state index contributed by atoms with van der Waals surface area (Å²) in [6.07, 6.45) is 1.57. The van der Waals surface area contributed by atoms with Gasteiger partial charge in [0.2, 0.25) is 5.75 Å². The van der Waals surface area contributed by atoms with Crippen molar-refractivity contribution in [3.8, 4) is 11.5 Å². The van der Waals surface area contributed by atoms with E-state index in [1.54, 1.807) is 0 Å². The first kappa shape index (κ1) is 17.5. The van der Waals surface area contributed by atoms with Crippen LogP contribution in [0, 0.1) is 16.0 Å². The molecule has 1 saturated carbocycles. The lowest BCUT2D eigenvalue weighted by Crippen LogP contribution is -2.36. The maximum Gasteiger partial charge on any atom is 0.311 e. The van der Waals surface area contributed by atoms with E-state index in [9.17, 15) is 19.7 Å². The van der Waals surface area contributed by atoms with E-state index < -0.39 is 16.8 Å². The van der Waals surface area contributed by atoms with Gasteiger partial charge in [0.1, 0.15) is 5.75 Å². The average Bonchev–Trinajstić information content (AvgIpc) is 3.01. The van der Waals surface area contributed by atoms with Gasteiger partial charge in [0.25, 0.3) is 5.91 Å². The lowest BCUT2D eigenvalue weighted by Gasteiger charge is -2.13. The Morgan fingerprint density at radius 3 is 2.75 bits per heavy atom. The molecule has 0 radical (unpaired) electrons. The normalized spacial score (nSPS) is 19.5. The van der Waals surface area contributed by atoms with E-state index in [1.807, 2.05) is 0 Å². The molecule has 0 saturated heterocycles. The number of nitrogens with one attached hydrogen (secondary N) is 1. The van der Waals surface area contributed by atoms with Gasteiger partial charge in [-0.05, 0) is 25.3 Å². The summed E-state index contributed by atoms with van der Waals surface area (Å²) < 4.78 is 10.2. The van der Waals surface area contributed by atoms with E-state index in [4.69, 9.17) is 14.6 Å². The minimum Gasteiger partial charge on any atom is -0.490 e. The van der Waals surface area contributed by atoms with Crippen molar-refractivity contribution >= 4 is 17.6 Å². The van der Waals surface area contributed by atoms with Gasteiger partial charge in [-0.2, -0.15) is 0 Å². The van der Waals surface area contributed by atoms with Gasteiger partial charge in [-0.25, -0.2) is 0 Å². The summed E-state index contributed by atoms with van der Waals surface area (Å²) in [6, 6.07) is 3.78. The summed E-state index contributed by atoms with van der Waals surface area (Å²) in [4.78, 5) is 33.0.